The lowest BCUT2D eigenvalue weighted by atomic mass is 9.82. The van der Waals surface area contributed by atoms with E-state index in [1.165, 1.54) is 19.2 Å². The number of amides is 1. The van der Waals surface area contributed by atoms with Crippen LogP contribution in [0.25, 0.3) is 0 Å². The number of hydrogen-bond donors (Lipinski definition) is 1. The number of anilines is 1. The van der Waals surface area contributed by atoms with Crippen LogP contribution < -0.4 is 4.90 Å². The van der Waals surface area contributed by atoms with E-state index >= 15 is 4.39 Å². The highest BCUT2D eigenvalue weighted by atomic mass is 35.5. The van der Waals surface area contributed by atoms with Gasteiger partial charge >= 0.3 is 18.0 Å². The van der Waals surface area contributed by atoms with E-state index in [0.717, 1.165) is 21.9 Å². The summed E-state index contributed by atoms with van der Waals surface area (Å²) in [5.41, 5.74) is -10.5. The normalized spacial score (nSPS) is 25.1. The van der Waals surface area contributed by atoms with Crippen LogP contribution in [0.15, 0.2) is 47.4 Å². The highest BCUT2D eigenvalue weighted by molar-refractivity contribution is 7.92. The minimum atomic E-state index is -6.41. The largest absolute Gasteiger partial charge is 0.435 e. The number of benzene rings is 2. The fraction of sp³-hybridized carbons (Fsp3) is 0.519. The molecule has 2 aromatic carbocycles. The molecule has 2 saturated heterocycles. The minimum absolute atomic E-state index is 0.160. The maximum absolute atomic E-state index is 15.1. The number of aliphatic hydroxyl groups is 1. The molecule has 8 nitrogen and oxygen atoms in total. The number of rotatable bonds is 4. The molecule has 0 aromatic heterocycles. The maximum atomic E-state index is 15.1. The van der Waals surface area contributed by atoms with E-state index in [1.807, 2.05) is 0 Å². The summed E-state index contributed by atoms with van der Waals surface area (Å²) < 4.78 is 148. The predicted octanol–water partition coefficient (Wildman–Crippen LogP) is 4.29. The Morgan fingerprint density at radius 1 is 0.956 bits per heavy atom. The number of likely N-dealkylation sites (N-methyl/N-ethyl adjacent to an activating group) is 1. The number of carbonyl (C=O) groups is 1. The van der Waals surface area contributed by atoms with Crippen LogP contribution in [0.4, 0.5) is 36.4 Å². The monoisotopic (exact) mass is 706 g/mol. The molecule has 5 rings (SSSR count). The van der Waals surface area contributed by atoms with Gasteiger partial charge in [-0.1, -0.05) is 23.7 Å². The number of halogens is 8. The van der Waals surface area contributed by atoms with E-state index in [-0.39, 0.29) is 28.1 Å². The molecular weight excluding hydrogens is 681 g/mol. The van der Waals surface area contributed by atoms with Crippen LogP contribution in [0.5, 0.6) is 0 Å². The second-order valence-corrected chi connectivity index (χ2v) is 16.5. The topological polar surface area (TPSA) is 112 Å². The number of alkyl halides is 7. The lowest BCUT2D eigenvalue weighted by Gasteiger charge is -2.47. The molecule has 2 aromatic rings. The molecule has 0 bridgehead atoms. The lowest BCUT2D eigenvalue weighted by molar-refractivity contribution is -0.348. The number of fused-ring (bicyclic) bond motifs is 3. The van der Waals surface area contributed by atoms with Gasteiger partial charge < -0.3 is 14.9 Å². The summed E-state index contributed by atoms with van der Waals surface area (Å²) in [4.78, 5) is 15.7. The molecule has 2 fully saturated rings. The van der Waals surface area contributed by atoms with Crippen LogP contribution >= 0.6 is 11.6 Å². The first-order valence-corrected chi connectivity index (χ1v) is 17.1. The van der Waals surface area contributed by atoms with Gasteiger partial charge in [-0.25, -0.2) is 21.2 Å². The number of sulfone groups is 2. The Bertz CT molecular complexity index is 1720. The third-order valence-electron chi connectivity index (χ3n) is 9.05. The summed E-state index contributed by atoms with van der Waals surface area (Å²) in [6.07, 6.45) is -14.2. The Balaban J connectivity index is 1.71. The molecule has 3 heterocycles. The van der Waals surface area contributed by atoms with E-state index < -0.39 is 109 Å². The van der Waals surface area contributed by atoms with Crippen molar-refractivity contribution in [2.45, 2.75) is 58.6 Å². The molecule has 0 spiro atoms. The maximum Gasteiger partial charge on any atom is 0.435 e. The van der Waals surface area contributed by atoms with Crippen LogP contribution in [-0.4, -0.2) is 88.4 Å². The van der Waals surface area contributed by atoms with Crippen molar-refractivity contribution in [2.24, 2.45) is 0 Å². The molecule has 0 radical (unpaired) electrons. The van der Waals surface area contributed by atoms with Crippen molar-refractivity contribution in [1.82, 2.24) is 4.90 Å². The van der Waals surface area contributed by atoms with Gasteiger partial charge in [-0.05, 0) is 55.2 Å². The first-order chi connectivity index (χ1) is 20.5. The quantitative estimate of drug-likeness (QED) is 0.473. The number of likely N-dealkylation sites (tertiary alicyclic amines) is 1. The smallest absolute Gasteiger partial charge is 0.380 e. The first-order valence-electron chi connectivity index (χ1n) is 13.4. The van der Waals surface area contributed by atoms with Gasteiger partial charge in [-0.15, -0.1) is 0 Å². The van der Waals surface area contributed by atoms with Crippen molar-refractivity contribution in [3.8, 4) is 0 Å². The Hall–Kier alpha value is -2.63. The summed E-state index contributed by atoms with van der Waals surface area (Å²) in [7, 11) is -6.95. The van der Waals surface area contributed by atoms with Gasteiger partial charge in [0.05, 0.1) is 22.4 Å². The average Bonchev–Trinajstić information content (AvgIpc) is 3.33. The highest BCUT2D eigenvalue weighted by Gasteiger charge is 2.74. The van der Waals surface area contributed by atoms with Gasteiger partial charge in [0.15, 0.2) is 19.7 Å². The first kappa shape index (κ1) is 33.7. The molecule has 2 atom stereocenters. The van der Waals surface area contributed by atoms with Gasteiger partial charge in [-0.3, -0.25) is 4.79 Å². The number of nitrogens with zero attached hydrogens (tertiary/aromatic N) is 2. The van der Waals surface area contributed by atoms with Crippen LogP contribution in [0, 0.1) is 0 Å². The Labute approximate surface area is 258 Å². The molecular formula is C27H26ClF7N2O6S2. The molecule has 45 heavy (non-hydrogen) atoms. The minimum Gasteiger partial charge on any atom is -0.380 e. The van der Waals surface area contributed by atoms with Gasteiger partial charge in [0, 0.05) is 36.4 Å². The highest BCUT2D eigenvalue weighted by Crippen LogP contribution is 2.57. The predicted molar refractivity (Wildman–Crippen MR) is 148 cm³/mol. The van der Waals surface area contributed by atoms with Crippen LogP contribution in [0.3, 0.4) is 0 Å². The van der Waals surface area contributed by atoms with E-state index in [4.69, 9.17) is 11.6 Å². The third-order valence-corrected chi connectivity index (χ3v) is 13.5. The Morgan fingerprint density at radius 2 is 1.51 bits per heavy atom. The number of carbonyl (C=O) groups excluding carboxylic acids is 1. The fourth-order valence-corrected chi connectivity index (χ4v) is 10.5. The summed E-state index contributed by atoms with van der Waals surface area (Å²) >= 11 is 5.93. The Kier molecular flexibility index (Phi) is 7.82. The average molecular weight is 707 g/mol. The zero-order valence-electron chi connectivity index (χ0n) is 23.3. The van der Waals surface area contributed by atoms with Crippen molar-refractivity contribution in [2.75, 3.05) is 36.5 Å². The zero-order chi connectivity index (χ0) is 33.6. The molecule has 2 unspecified atom stereocenters. The third kappa shape index (κ3) is 4.99. The van der Waals surface area contributed by atoms with E-state index in [2.05, 4.69) is 0 Å². The van der Waals surface area contributed by atoms with Gasteiger partial charge in [0.25, 0.3) is 5.91 Å². The molecule has 0 aliphatic carbocycles. The molecule has 248 valence electrons. The van der Waals surface area contributed by atoms with Crippen LogP contribution in [0.2, 0.25) is 5.02 Å². The van der Waals surface area contributed by atoms with Crippen molar-refractivity contribution in [3.63, 3.8) is 0 Å². The van der Waals surface area contributed by atoms with E-state index in [9.17, 15) is 53.1 Å². The van der Waals surface area contributed by atoms with Gasteiger partial charge in [-0.2, -0.15) is 26.3 Å². The van der Waals surface area contributed by atoms with Crippen molar-refractivity contribution < 1.29 is 57.5 Å². The second kappa shape index (κ2) is 10.4. The lowest BCUT2D eigenvalue weighted by Crippen LogP contribution is -2.61. The van der Waals surface area contributed by atoms with Crippen LogP contribution in [0.1, 0.15) is 30.4 Å². The summed E-state index contributed by atoms with van der Waals surface area (Å²) in [6, 6.07) is 4.71. The van der Waals surface area contributed by atoms with Crippen molar-refractivity contribution in [1.29, 1.82) is 0 Å². The Morgan fingerprint density at radius 3 is 2.04 bits per heavy atom. The molecule has 3 aliphatic rings. The zero-order valence-corrected chi connectivity index (χ0v) is 25.7. The summed E-state index contributed by atoms with van der Waals surface area (Å²) in [5, 5.41) is 11.4. The molecule has 0 saturated carbocycles. The van der Waals surface area contributed by atoms with E-state index in [1.54, 1.807) is 0 Å². The molecule has 3 aliphatic heterocycles. The second-order valence-electron chi connectivity index (χ2n) is 11.6. The molecule has 1 amide bonds. The summed E-state index contributed by atoms with van der Waals surface area (Å²) in [5.74, 6) is -1.96. The van der Waals surface area contributed by atoms with Gasteiger partial charge in [0.2, 0.25) is 0 Å². The van der Waals surface area contributed by atoms with E-state index in [0.29, 0.717) is 12.1 Å². The van der Waals surface area contributed by atoms with Gasteiger partial charge in [0.1, 0.15) is 10.3 Å². The van der Waals surface area contributed by atoms with Crippen molar-refractivity contribution >= 4 is 42.9 Å². The SMILES string of the molecule is CN1CC2N(C(=O)C3(O)CCS(=O)(=O)CC3)CCC2(S(=O)(=O)c2ccc(Cl)cc2)c2ccc(C(F)(C(F)(F)F)C(F)(F)F)cc21. The summed E-state index contributed by atoms with van der Waals surface area (Å²) in [6.45, 7) is -0.778. The van der Waals surface area contributed by atoms with Crippen LogP contribution in [-0.2, 0) is 34.9 Å². The number of hydrogen-bond acceptors (Lipinski definition) is 7. The molecule has 1 N–H and O–H groups in total. The standard InChI is InChI=1S/C27H26ClF7N2O6S2/c1-36-15-21-24(45(42,43)18-5-3-17(28)4-6-18,8-11-37(21)22(38)23(39)9-12-44(40,41)13-10-23)19-7-2-16(14-20(19)36)25(29,26(30,31)32)27(33,34)35/h2-7,14,21,39H,8-13,15H2,1H3. The van der Waals surface area contributed by atoms with Crippen molar-refractivity contribution in [3.05, 3.63) is 58.6 Å². The molecule has 18 heteroatoms. The fourth-order valence-electron chi connectivity index (χ4n) is 6.57.